The summed E-state index contributed by atoms with van der Waals surface area (Å²) in [6.07, 6.45) is 9.61. The first kappa shape index (κ1) is 8.06. The largest absolute Gasteiger partial charge is 0.392 e. The van der Waals surface area contributed by atoms with E-state index in [-0.39, 0.29) is 6.61 Å². The minimum absolute atomic E-state index is 0.220. The Morgan fingerprint density at radius 1 is 1.50 bits per heavy atom. The van der Waals surface area contributed by atoms with Gasteiger partial charge in [-0.25, -0.2) is 0 Å². The van der Waals surface area contributed by atoms with Gasteiger partial charge in [0.2, 0.25) is 0 Å². The lowest BCUT2D eigenvalue weighted by atomic mass is 9.92. The molecule has 0 aromatic rings. The predicted molar refractivity (Wildman–Crippen MR) is 49.7 cm³/mol. The van der Waals surface area contributed by atoms with Gasteiger partial charge in [-0.1, -0.05) is 23.8 Å². The maximum atomic E-state index is 8.88. The van der Waals surface area contributed by atoms with Crippen molar-refractivity contribution in [2.75, 3.05) is 6.61 Å². The zero-order chi connectivity index (χ0) is 8.55. The summed E-state index contributed by atoms with van der Waals surface area (Å²) in [7, 11) is 0. The van der Waals surface area contributed by atoms with Gasteiger partial charge in [-0.3, -0.25) is 0 Å². The van der Waals surface area contributed by atoms with Crippen LogP contribution in [0.4, 0.5) is 0 Å². The van der Waals surface area contributed by atoms with Crippen LogP contribution in [0.25, 0.3) is 0 Å². The Kier molecular flexibility index (Phi) is 2.05. The molecule has 1 N–H and O–H groups in total. The highest BCUT2D eigenvalue weighted by Crippen LogP contribution is 2.44. The molecule has 0 saturated heterocycles. The van der Waals surface area contributed by atoms with E-state index in [1.165, 1.54) is 12.8 Å². The van der Waals surface area contributed by atoms with Crippen LogP contribution < -0.4 is 0 Å². The second-order valence-electron chi connectivity index (χ2n) is 4.12. The molecule has 12 heavy (non-hydrogen) atoms. The Morgan fingerprint density at radius 3 is 2.83 bits per heavy atom. The van der Waals surface area contributed by atoms with E-state index in [4.69, 9.17) is 5.11 Å². The summed E-state index contributed by atoms with van der Waals surface area (Å²) >= 11 is 0. The maximum absolute atomic E-state index is 8.88. The van der Waals surface area contributed by atoms with Crippen molar-refractivity contribution < 1.29 is 5.11 Å². The Bertz CT molecular complexity index is 227. The number of hydrogen-bond donors (Lipinski definition) is 1. The van der Waals surface area contributed by atoms with E-state index in [9.17, 15) is 0 Å². The third kappa shape index (κ3) is 1.34. The molecule has 0 radical (unpaired) electrons. The van der Waals surface area contributed by atoms with Gasteiger partial charge in [0, 0.05) is 0 Å². The number of rotatable bonds is 2. The van der Waals surface area contributed by atoms with E-state index < -0.39 is 0 Å². The van der Waals surface area contributed by atoms with Crippen molar-refractivity contribution in [2.45, 2.75) is 19.8 Å². The number of allylic oxidation sites excluding steroid dienone is 3. The summed E-state index contributed by atoms with van der Waals surface area (Å²) < 4.78 is 0. The van der Waals surface area contributed by atoms with E-state index in [1.54, 1.807) is 0 Å². The molecule has 0 aromatic heterocycles. The second-order valence-corrected chi connectivity index (χ2v) is 4.12. The van der Waals surface area contributed by atoms with Gasteiger partial charge in [0.25, 0.3) is 0 Å². The zero-order valence-electron chi connectivity index (χ0n) is 7.53. The molecule has 0 aliphatic heterocycles. The molecule has 3 atom stereocenters. The summed E-state index contributed by atoms with van der Waals surface area (Å²) in [6, 6.07) is 0. The van der Waals surface area contributed by atoms with Gasteiger partial charge >= 0.3 is 0 Å². The molecule has 1 saturated carbocycles. The SMILES string of the molecule is CC(=CC1CC2C=CC1C2)CO. The van der Waals surface area contributed by atoms with Crippen LogP contribution in [0.15, 0.2) is 23.8 Å². The van der Waals surface area contributed by atoms with Crippen molar-refractivity contribution in [2.24, 2.45) is 17.8 Å². The summed E-state index contributed by atoms with van der Waals surface area (Å²) in [5, 5.41) is 8.88. The molecule has 0 amide bonds. The van der Waals surface area contributed by atoms with Gasteiger partial charge in [0.05, 0.1) is 6.61 Å². The van der Waals surface area contributed by atoms with E-state index in [0.29, 0.717) is 5.92 Å². The Hall–Kier alpha value is -0.560. The van der Waals surface area contributed by atoms with Gasteiger partial charge in [0.1, 0.15) is 0 Å². The van der Waals surface area contributed by atoms with Crippen LogP contribution in [0.2, 0.25) is 0 Å². The Labute approximate surface area is 73.8 Å². The van der Waals surface area contributed by atoms with Crippen LogP contribution in [0.5, 0.6) is 0 Å². The summed E-state index contributed by atoms with van der Waals surface area (Å²) in [6.45, 7) is 2.23. The molecule has 0 aromatic carbocycles. The first-order chi connectivity index (χ1) is 5.79. The van der Waals surface area contributed by atoms with Crippen LogP contribution in [-0.2, 0) is 0 Å². The fourth-order valence-corrected chi connectivity index (χ4v) is 2.43. The van der Waals surface area contributed by atoms with Crippen molar-refractivity contribution in [1.82, 2.24) is 0 Å². The van der Waals surface area contributed by atoms with Crippen LogP contribution in [0.1, 0.15) is 19.8 Å². The fourth-order valence-electron chi connectivity index (χ4n) is 2.43. The smallest absolute Gasteiger partial charge is 0.0639 e. The molecule has 2 aliphatic carbocycles. The average molecular weight is 164 g/mol. The lowest BCUT2D eigenvalue weighted by Crippen LogP contribution is -2.04. The third-order valence-electron chi connectivity index (χ3n) is 3.08. The zero-order valence-corrected chi connectivity index (χ0v) is 7.53. The first-order valence-corrected chi connectivity index (χ1v) is 4.76. The van der Waals surface area contributed by atoms with Crippen molar-refractivity contribution >= 4 is 0 Å². The van der Waals surface area contributed by atoms with Gasteiger partial charge in [0.15, 0.2) is 0 Å². The molecule has 0 spiro atoms. The fraction of sp³-hybridized carbons (Fsp3) is 0.636. The minimum atomic E-state index is 0.220. The standard InChI is InChI=1S/C11H16O/c1-8(7-12)4-11-6-9-2-3-10(11)5-9/h2-4,9-12H,5-7H2,1H3. The second kappa shape index (κ2) is 3.06. The lowest BCUT2D eigenvalue weighted by Gasteiger charge is -2.14. The van der Waals surface area contributed by atoms with Gasteiger partial charge in [-0.05, 0) is 37.5 Å². The topological polar surface area (TPSA) is 20.2 Å². The highest BCUT2D eigenvalue weighted by atomic mass is 16.3. The predicted octanol–water partition coefficient (Wildman–Crippen LogP) is 2.14. The summed E-state index contributed by atoms with van der Waals surface area (Å²) in [5.41, 5.74) is 1.13. The molecule has 1 fully saturated rings. The van der Waals surface area contributed by atoms with E-state index in [0.717, 1.165) is 17.4 Å². The molecular formula is C11H16O. The van der Waals surface area contributed by atoms with Crippen molar-refractivity contribution in [3.63, 3.8) is 0 Å². The highest BCUT2D eigenvalue weighted by molar-refractivity contribution is 5.16. The van der Waals surface area contributed by atoms with Crippen LogP contribution >= 0.6 is 0 Å². The Balaban J connectivity index is 2.04. The summed E-state index contributed by atoms with van der Waals surface area (Å²) in [5.74, 6) is 2.33. The first-order valence-electron chi connectivity index (χ1n) is 4.76. The number of aliphatic hydroxyl groups excluding tert-OH is 1. The molecule has 1 heteroatoms. The maximum Gasteiger partial charge on any atom is 0.0639 e. The minimum Gasteiger partial charge on any atom is -0.392 e. The quantitative estimate of drug-likeness (QED) is 0.620. The average Bonchev–Trinajstić information content (AvgIpc) is 2.64. The molecule has 3 unspecified atom stereocenters. The summed E-state index contributed by atoms with van der Waals surface area (Å²) in [4.78, 5) is 0. The highest BCUT2D eigenvalue weighted by Gasteiger charge is 2.33. The lowest BCUT2D eigenvalue weighted by molar-refractivity contribution is 0.329. The molecule has 2 rings (SSSR count). The van der Waals surface area contributed by atoms with E-state index >= 15 is 0 Å². The third-order valence-corrected chi connectivity index (χ3v) is 3.08. The van der Waals surface area contributed by atoms with E-state index in [2.05, 4.69) is 18.2 Å². The van der Waals surface area contributed by atoms with Gasteiger partial charge < -0.3 is 5.11 Å². The van der Waals surface area contributed by atoms with Gasteiger partial charge in [-0.2, -0.15) is 0 Å². The van der Waals surface area contributed by atoms with Crippen LogP contribution in [0.3, 0.4) is 0 Å². The molecule has 1 nitrogen and oxygen atoms in total. The molecular weight excluding hydrogens is 148 g/mol. The van der Waals surface area contributed by atoms with Crippen molar-refractivity contribution in [3.05, 3.63) is 23.8 Å². The molecule has 66 valence electrons. The van der Waals surface area contributed by atoms with Crippen LogP contribution in [0, 0.1) is 17.8 Å². The van der Waals surface area contributed by atoms with Crippen molar-refractivity contribution in [3.8, 4) is 0 Å². The molecule has 0 heterocycles. The van der Waals surface area contributed by atoms with E-state index in [1.807, 2.05) is 6.92 Å². The van der Waals surface area contributed by atoms with Gasteiger partial charge in [-0.15, -0.1) is 0 Å². The molecule has 2 aliphatic rings. The molecule has 2 bridgehead atoms. The number of aliphatic hydroxyl groups is 1. The monoisotopic (exact) mass is 164 g/mol. The normalized spacial score (nSPS) is 39.5. The van der Waals surface area contributed by atoms with Crippen molar-refractivity contribution in [1.29, 1.82) is 0 Å². The number of fused-ring (bicyclic) bond motifs is 2. The Morgan fingerprint density at radius 2 is 2.33 bits per heavy atom. The van der Waals surface area contributed by atoms with Crippen LogP contribution in [-0.4, -0.2) is 11.7 Å². The number of hydrogen-bond acceptors (Lipinski definition) is 1.